The topological polar surface area (TPSA) is 186 Å². The van der Waals surface area contributed by atoms with Gasteiger partial charge in [0, 0.05) is 12.8 Å². The van der Waals surface area contributed by atoms with Gasteiger partial charge in [-0.3, -0.25) is 14.1 Å². The number of ether oxygens (including phenoxy) is 4. The summed E-state index contributed by atoms with van der Waals surface area (Å²) in [7, 11) is -4.61. The summed E-state index contributed by atoms with van der Waals surface area (Å²) in [5.41, 5.74) is 3.28. The zero-order valence-electron chi connectivity index (χ0n) is 36.6. The summed E-state index contributed by atoms with van der Waals surface area (Å²) >= 11 is 0. The zero-order chi connectivity index (χ0) is 44.1. The van der Waals surface area contributed by atoms with Crippen molar-refractivity contribution in [3.05, 3.63) is 66.5 Å². The van der Waals surface area contributed by atoms with Crippen LogP contribution in [0.5, 0.6) is 0 Å². The van der Waals surface area contributed by atoms with E-state index in [9.17, 15) is 37.9 Å². The second-order valence-corrected chi connectivity index (χ2v) is 17.0. The molecular weight excluding hydrogens is 789 g/mol. The van der Waals surface area contributed by atoms with Gasteiger partial charge in [-0.25, -0.2) is 0 Å². The highest BCUT2D eigenvalue weighted by Crippen LogP contribution is 2.24. The minimum absolute atomic E-state index is 0.119. The van der Waals surface area contributed by atoms with Gasteiger partial charge in [0.15, 0.2) is 12.4 Å². The Labute approximate surface area is 361 Å². The Morgan fingerprint density at radius 2 is 1.13 bits per heavy atom. The molecule has 13 heteroatoms. The van der Waals surface area contributed by atoms with Crippen molar-refractivity contribution in [3.63, 3.8) is 0 Å². The second-order valence-electron chi connectivity index (χ2n) is 15.5. The molecule has 0 saturated carbocycles. The fraction of sp³-hybridized carbons (Fsp3) is 0.723. The summed E-state index contributed by atoms with van der Waals surface area (Å²) in [6, 6.07) is 0. The largest absolute Gasteiger partial charge is 0.462 e. The molecule has 2 unspecified atom stereocenters. The molecule has 12 nitrogen and oxygen atoms in total. The highest BCUT2D eigenvalue weighted by Gasteiger charge is 2.46. The molecule has 1 saturated heterocycles. The second kappa shape index (κ2) is 36.8. The maximum atomic E-state index is 12.8. The van der Waals surface area contributed by atoms with Gasteiger partial charge in [-0.1, -0.05) is 120 Å². The Morgan fingerprint density at radius 3 is 1.73 bits per heavy atom. The molecule has 0 aromatic carbocycles. The number of rotatable bonds is 36. The van der Waals surface area contributed by atoms with Crippen LogP contribution in [0.15, 0.2) is 66.5 Å². The van der Waals surface area contributed by atoms with Gasteiger partial charge in [-0.05, 0) is 89.2 Å². The van der Waals surface area contributed by atoms with E-state index in [0.29, 0.717) is 12.8 Å². The van der Waals surface area contributed by atoms with Gasteiger partial charge in [0.1, 0.15) is 36.8 Å². The van der Waals surface area contributed by atoms with Crippen LogP contribution in [0.2, 0.25) is 0 Å². The van der Waals surface area contributed by atoms with Crippen LogP contribution in [0.25, 0.3) is 0 Å². The van der Waals surface area contributed by atoms with Crippen molar-refractivity contribution in [2.45, 2.75) is 198 Å². The van der Waals surface area contributed by atoms with E-state index in [2.05, 4.69) is 80.3 Å². The summed E-state index contributed by atoms with van der Waals surface area (Å²) in [6.07, 6.45) is 33.3. The lowest BCUT2D eigenvalue weighted by Gasteiger charge is -2.40. The number of aliphatic hydroxyl groups excluding tert-OH is 3. The third-order valence-corrected chi connectivity index (χ3v) is 10.6. The Kier molecular flexibility index (Phi) is 33.8. The van der Waals surface area contributed by atoms with Crippen molar-refractivity contribution < 1.29 is 56.8 Å². The van der Waals surface area contributed by atoms with E-state index in [1.165, 1.54) is 38.5 Å². The third-order valence-electron chi connectivity index (χ3n) is 9.83. The molecule has 1 fully saturated rings. The Hall–Kier alpha value is -2.87. The SMILES string of the molecule is CCC/C=C/C/C=C/C/C=C/C/C=C/CCCCCC(=O)O[C@H](COC(=O)CCCCCCCC=C=CCCCCCCC)CO[C@H]1O[C@H](CS(=O)(=O)O)[C@@H](O)C(O)C1O. The van der Waals surface area contributed by atoms with E-state index in [4.69, 9.17) is 18.9 Å². The summed E-state index contributed by atoms with van der Waals surface area (Å²) in [5.74, 6) is -2.06. The van der Waals surface area contributed by atoms with Crippen molar-refractivity contribution in [1.82, 2.24) is 0 Å². The monoisotopic (exact) mass is 867 g/mol. The quantitative estimate of drug-likeness (QED) is 0.0154. The first-order valence-electron chi connectivity index (χ1n) is 22.6. The molecule has 0 aliphatic carbocycles. The molecule has 0 spiro atoms. The van der Waals surface area contributed by atoms with Crippen molar-refractivity contribution in [3.8, 4) is 0 Å². The minimum Gasteiger partial charge on any atom is -0.462 e. The van der Waals surface area contributed by atoms with Crippen LogP contribution in [0.3, 0.4) is 0 Å². The smallest absolute Gasteiger partial charge is 0.306 e. The van der Waals surface area contributed by atoms with Crippen LogP contribution in [0, 0.1) is 0 Å². The van der Waals surface area contributed by atoms with E-state index in [1.54, 1.807) is 0 Å². The standard InChI is InChI=1S/C47H78O12S/c1-3-5-7-9-11-13-15-17-19-20-22-24-26-28-30-32-34-36-43(49)58-40(38-57-47-46(52)45(51)44(50)41(59-47)39-60(53,54)55)37-56-42(48)35-33-31-29-27-25-23-21-18-16-14-12-10-8-6-4-2/h7,9,13,15-16,19-21,24,26,40-41,44-47,50-52H,3-6,8,10-12,14,17,22-23,25,27-39H2,1-2H3,(H,53,54,55)/b9-7+,15-13+,20-19+,26-24+/t18?,40-,41-,44-,45?,46?,47+/m1/s1. The lowest BCUT2D eigenvalue weighted by molar-refractivity contribution is -0.297. The van der Waals surface area contributed by atoms with Crippen LogP contribution in [0.4, 0.5) is 0 Å². The summed E-state index contributed by atoms with van der Waals surface area (Å²) in [5, 5.41) is 30.9. The fourth-order valence-corrected chi connectivity index (χ4v) is 6.98. The Bertz CT molecular complexity index is 1400. The van der Waals surface area contributed by atoms with Crippen LogP contribution < -0.4 is 0 Å². The zero-order valence-corrected chi connectivity index (χ0v) is 37.4. The van der Waals surface area contributed by atoms with Gasteiger partial charge >= 0.3 is 11.9 Å². The molecule has 1 aliphatic rings. The van der Waals surface area contributed by atoms with E-state index in [1.807, 2.05) is 0 Å². The Balaban J connectivity index is 2.50. The first-order valence-corrected chi connectivity index (χ1v) is 24.2. The highest BCUT2D eigenvalue weighted by atomic mass is 32.2. The summed E-state index contributed by atoms with van der Waals surface area (Å²) in [4.78, 5) is 25.4. The molecule has 0 bridgehead atoms. The van der Waals surface area contributed by atoms with Gasteiger partial charge in [0.25, 0.3) is 10.1 Å². The van der Waals surface area contributed by atoms with E-state index < -0.39 is 71.2 Å². The van der Waals surface area contributed by atoms with E-state index in [-0.39, 0.29) is 19.4 Å². The van der Waals surface area contributed by atoms with Gasteiger partial charge in [0.2, 0.25) is 0 Å². The summed E-state index contributed by atoms with van der Waals surface area (Å²) < 4.78 is 54.0. The van der Waals surface area contributed by atoms with Crippen molar-refractivity contribution >= 4 is 22.1 Å². The molecule has 6 atom stereocenters. The normalized spacial score (nSPS) is 20.3. The molecule has 1 heterocycles. The van der Waals surface area contributed by atoms with Crippen molar-refractivity contribution in [1.29, 1.82) is 0 Å². The van der Waals surface area contributed by atoms with E-state index >= 15 is 0 Å². The number of unbranched alkanes of at least 4 members (excludes halogenated alkanes) is 14. The van der Waals surface area contributed by atoms with Crippen molar-refractivity contribution in [2.24, 2.45) is 0 Å². The molecule has 0 radical (unpaired) electrons. The molecule has 0 amide bonds. The molecule has 0 aromatic rings. The average molecular weight is 867 g/mol. The van der Waals surface area contributed by atoms with Gasteiger partial charge in [-0.2, -0.15) is 8.42 Å². The predicted molar refractivity (Wildman–Crippen MR) is 237 cm³/mol. The Morgan fingerprint density at radius 1 is 0.617 bits per heavy atom. The van der Waals surface area contributed by atoms with Gasteiger partial charge in [-0.15, -0.1) is 5.73 Å². The first-order chi connectivity index (χ1) is 29.0. The lowest BCUT2D eigenvalue weighted by Crippen LogP contribution is -2.60. The highest BCUT2D eigenvalue weighted by molar-refractivity contribution is 7.85. The van der Waals surface area contributed by atoms with Gasteiger partial charge in [0.05, 0.1) is 6.61 Å². The molecule has 60 heavy (non-hydrogen) atoms. The fourth-order valence-electron chi connectivity index (χ4n) is 6.29. The number of hydrogen-bond donors (Lipinski definition) is 4. The minimum atomic E-state index is -4.61. The molecule has 344 valence electrons. The van der Waals surface area contributed by atoms with E-state index in [0.717, 1.165) is 83.5 Å². The maximum Gasteiger partial charge on any atom is 0.306 e. The van der Waals surface area contributed by atoms with Crippen LogP contribution in [-0.2, 0) is 38.7 Å². The molecule has 0 aromatic heterocycles. The number of carbonyl (C=O) groups is 2. The average Bonchev–Trinajstić information content (AvgIpc) is 3.21. The molecule has 1 aliphatic heterocycles. The number of esters is 2. The molecular formula is C47H78O12S. The summed E-state index contributed by atoms with van der Waals surface area (Å²) in [6.45, 7) is 3.62. The lowest BCUT2D eigenvalue weighted by atomic mass is 10.00. The predicted octanol–water partition coefficient (Wildman–Crippen LogP) is 9.10. The van der Waals surface area contributed by atoms with Crippen LogP contribution >= 0.6 is 0 Å². The van der Waals surface area contributed by atoms with Crippen molar-refractivity contribution in [2.75, 3.05) is 19.0 Å². The number of aliphatic hydroxyl groups is 3. The number of carbonyl (C=O) groups excluding carboxylic acids is 2. The molecule has 4 N–H and O–H groups in total. The maximum absolute atomic E-state index is 12.8. The van der Waals surface area contributed by atoms with Crippen LogP contribution in [-0.4, -0.2) is 96.0 Å². The van der Waals surface area contributed by atoms with Crippen LogP contribution in [0.1, 0.15) is 162 Å². The first kappa shape index (κ1) is 55.1. The number of allylic oxidation sites excluding steroid dienone is 9. The third kappa shape index (κ3) is 31.0. The number of hydrogen-bond acceptors (Lipinski definition) is 11. The molecule has 1 rings (SSSR count). The van der Waals surface area contributed by atoms with Gasteiger partial charge < -0.3 is 34.3 Å².